The highest BCUT2D eigenvalue weighted by Gasteiger charge is 2.25. The number of anilines is 1. The molecule has 0 aliphatic heterocycles. The summed E-state index contributed by atoms with van der Waals surface area (Å²) in [6, 6.07) is 0.803. The number of hydrogen-bond acceptors (Lipinski definition) is 3. The van der Waals surface area contributed by atoms with Gasteiger partial charge in [0.2, 0.25) is 0 Å². The first-order valence-electron chi connectivity index (χ1n) is 5.62. The van der Waals surface area contributed by atoms with Crippen molar-refractivity contribution in [3.8, 4) is 0 Å². The highest BCUT2D eigenvalue weighted by Crippen LogP contribution is 2.25. The van der Waals surface area contributed by atoms with Gasteiger partial charge in [0.05, 0.1) is 6.20 Å². The van der Waals surface area contributed by atoms with Crippen molar-refractivity contribution in [1.29, 1.82) is 0 Å². The number of hydrogen-bond donors (Lipinski definition) is 2. The van der Waals surface area contributed by atoms with Gasteiger partial charge in [-0.2, -0.15) is 0 Å². The summed E-state index contributed by atoms with van der Waals surface area (Å²) >= 11 is 0. The average Bonchev–Trinajstić information content (AvgIpc) is 2.19. The largest absolute Gasteiger partial charge is 0.364 e. The lowest BCUT2D eigenvalue weighted by Crippen LogP contribution is -2.36. The van der Waals surface area contributed by atoms with Crippen LogP contribution in [0.2, 0.25) is 0 Å². The van der Waals surface area contributed by atoms with Crippen molar-refractivity contribution in [2.45, 2.75) is 33.2 Å². The van der Waals surface area contributed by atoms with Crippen LogP contribution in [0.25, 0.3) is 0 Å². The molecular formula is C12H19F2N3. The molecule has 0 saturated carbocycles. The number of nitrogens with zero attached hydrogens (tertiary/aromatic N) is 1. The lowest BCUT2D eigenvalue weighted by molar-refractivity contribution is 0.327. The Bertz CT molecular complexity index is 375. The summed E-state index contributed by atoms with van der Waals surface area (Å²) in [5.41, 5.74) is 5.45. The molecule has 1 heterocycles. The van der Waals surface area contributed by atoms with E-state index in [-0.39, 0.29) is 17.3 Å². The van der Waals surface area contributed by atoms with Crippen molar-refractivity contribution in [2.75, 3.05) is 11.9 Å². The molecule has 0 aliphatic carbocycles. The molecule has 1 aromatic heterocycles. The topological polar surface area (TPSA) is 50.9 Å². The Kier molecular flexibility index (Phi) is 4.40. The second kappa shape index (κ2) is 5.40. The standard InChI is InChI=1S/C12H19F2N3/c1-12(2,3)10(4-5-15)17-11-9(14)6-8(13)7-16-11/h6-7,10H,4-5,15H2,1-3H3,(H,16,17). The lowest BCUT2D eigenvalue weighted by atomic mass is 9.85. The molecule has 1 aromatic rings. The summed E-state index contributed by atoms with van der Waals surface area (Å²) in [5, 5.41) is 2.98. The quantitative estimate of drug-likeness (QED) is 0.854. The third kappa shape index (κ3) is 3.93. The zero-order valence-electron chi connectivity index (χ0n) is 10.4. The highest BCUT2D eigenvalue weighted by atomic mass is 19.1. The molecule has 1 atom stereocenters. The maximum Gasteiger partial charge on any atom is 0.168 e. The number of halogens is 2. The van der Waals surface area contributed by atoms with Gasteiger partial charge in [-0.15, -0.1) is 0 Å². The zero-order valence-corrected chi connectivity index (χ0v) is 10.4. The van der Waals surface area contributed by atoms with Crippen molar-refractivity contribution in [3.05, 3.63) is 23.9 Å². The van der Waals surface area contributed by atoms with Gasteiger partial charge in [0.25, 0.3) is 0 Å². The molecule has 0 radical (unpaired) electrons. The fraction of sp³-hybridized carbons (Fsp3) is 0.583. The van der Waals surface area contributed by atoms with Crippen LogP contribution in [0.5, 0.6) is 0 Å². The molecule has 1 rings (SSSR count). The summed E-state index contributed by atoms with van der Waals surface area (Å²) in [6.45, 7) is 6.59. The van der Waals surface area contributed by atoms with Gasteiger partial charge in [-0.1, -0.05) is 20.8 Å². The van der Waals surface area contributed by atoms with Gasteiger partial charge in [0.1, 0.15) is 5.82 Å². The molecule has 96 valence electrons. The summed E-state index contributed by atoms with van der Waals surface area (Å²) < 4.78 is 26.2. The third-order valence-electron chi connectivity index (χ3n) is 2.62. The minimum Gasteiger partial charge on any atom is -0.364 e. The van der Waals surface area contributed by atoms with E-state index in [1.54, 1.807) is 0 Å². The Labute approximate surface area is 100 Å². The number of nitrogens with one attached hydrogen (secondary N) is 1. The van der Waals surface area contributed by atoms with E-state index in [2.05, 4.69) is 10.3 Å². The van der Waals surface area contributed by atoms with Gasteiger partial charge in [-0.3, -0.25) is 0 Å². The summed E-state index contributed by atoms with van der Waals surface area (Å²) in [5.74, 6) is -1.30. The van der Waals surface area contributed by atoms with Crippen LogP contribution in [0.4, 0.5) is 14.6 Å². The van der Waals surface area contributed by atoms with Crippen LogP contribution in [-0.2, 0) is 0 Å². The first-order valence-corrected chi connectivity index (χ1v) is 5.62. The Morgan fingerprint density at radius 2 is 2.06 bits per heavy atom. The van der Waals surface area contributed by atoms with E-state index in [0.29, 0.717) is 13.0 Å². The van der Waals surface area contributed by atoms with Gasteiger partial charge in [0.15, 0.2) is 11.6 Å². The van der Waals surface area contributed by atoms with Crippen LogP contribution < -0.4 is 11.1 Å². The molecule has 0 fully saturated rings. The minimum absolute atomic E-state index is 0.0139. The molecule has 0 aliphatic rings. The third-order valence-corrected chi connectivity index (χ3v) is 2.62. The molecule has 5 heteroatoms. The molecule has 0 amide bonds. The number of rotatable bonds is 4. The zero-order chi connectivity index (χ0) is 13.1. The molecule has 3 N–H and O–H groups in total. The summed E-state index contributed by atoms with van der Waals surface area (Å²) in [6.07, 6.45) is 1.69. The first kappa shape index (κ1) is 13.8. The molecule has 1 unspecified atom stereocenters. The predicted molar refractivity (Wildman–Crippen MR) is 64.7 cm³/mol. The predicted octanol–water partition coefficient (Wildman–Crippen LogP) is 2.54. The number of pyridine rings is 1. The van der Waals surface area contributed by atoms with E-state index in [0.717, 1.165) is 12.3 Å². The minimum atomic E-state index is -0.684. The highest BCUT2D eigenvalue weighted by molar-refractivity contribution is 5.37. The van der Waals surface area contributed by atoms with Crippen molar-refractivity contribution in [2.24, 2.45) is 11.1 Å². The average molecular weight is 243 g/mol. The molecule has 0 bridgehead atoms. The van der Waals surface area contributed by atoms with E-state index in [1.807, 2.05) is 20.8 Å². The van der Waals surface area contributed by atoms with Gasteiger partial charge in [-0.25, -0.2) is 13.8 Å². The normalized spacial score (nSPS) is 13.5. The van der Waals surface area contributed by atoms with Crippen molar-refractivity contribution >= 4 is 5.82 Å². The van der Waals surface area contributed by atoms with Gasteiger partial charge < -0.3 is 11.1 Å². The monoisotopic (exact) mass is 243 g/mol. The molecule has 17 heavy (non-hydrogen) atoms. The summed E-state index contributed by atoms with van der Waals surface area (Å²) in [7, 11) is 0. The van der Waals surface area contributed by atoms with Crippen LogP contribution >= 0.6 is 0 Å². The SMILES string of the molecule is CC(C)(C)C(CCN)Nc1ncc(F)cc1F. The molecular weight excluding hydrogens is 224 g/mol. The van der Waals surface area contributed by atoms with E-state index in [9.17, 15) is 8.78 Å². The van der Waals surface area contributed by atoms with Crippen molar-refractivity contribution < 1.29 is 8.78 Å². The van der Waals surface area contributed by atoms with Gasteiger partial charge in [-0.05, 0) is 18.4 Å². The smallest absolute Gasteiger partial charge is 0.168 e. The van der Waals surface area contributed by atoms with Crippen molar-refractivity contribution in [3.63, 3.8) is 0 Å². The van der Waals surface area contributed by atoms with E-state index >= 15 is 0 Å². The van der Waals surface area contributed by atoms with Crippen LogP contribution in [0, 0.1) is 17.0 Å². The van der Waals surface area contributed by atoms with Crippen LogP contribution in [0.1, 0.15) is 27.2 Å². The maximum absolute atomic E-state index is 13.4. The fourth-order valence-electron chi connectivity index (χ4n) is 1.57. The number of aromatic nitrogens is 1. The maximum atomic E-state index is 13.4. The van der Waals surface area contributed by atoms with Crippen LogP contribution in [-0.4, -0.2) is 17.6 Å². The lowest BCUT2D eigenvalue weighted by Gasteiger charge is -2.31. The Balaban J connectivity index is 2.86. The van der Waals surface area contributed by atoms with E-state index < -0.39 is 11.6 Å². The van der Waals surface area contributed by atoms with Crippen LogP contribution in [0.3, 0.4) is 0 Å². The second-order valence-corrected chi connectivity index (χ2v) is 5.12. The fourth-order valence-corrected chi connectivity index (χ4v) is 1.57. The molecule has 3 nitrogen and oxygen atoms in total. The van der Waals surface area contributed by atoms with Gasteiger partial charge in [0, 0.05) is 12.1 Å². The Morgan fingerprint density at radius 3 is 2.53 bits per heavy atom. The van der Waals surface area contributed by atoms with Gasteiger partial charge >= 0.3 is 0 Å². The second-order valence-electron chi connectivity index (χ2n) is 5.12. The Hall–Kier alpha value is -1.23. The molecule has 0 saturated heterocycles. The molecule has 0 spiro atoms. The number of nitrogens with two attached hydrogens (primary N) is 1. The first-order chi connectivity index (χ1) is 7.84. The van der Waals surface area contributed by atoms with E-state index in [4.69, 9.17) is 5.73 Å². The van der Waals surface area contributed by atoms with Crippen LogP contribution in [0.15, 0.2) is 12.3 Å². The van der Waals surface area contributed by atoms with E-state index in [1.165, 1.54) is 0 Å². The summed E-state index contributed by atoms with van der Waals surface area (Å²) in [4.78, 5) is 3.71. The van der Waals surface area contributed by atoms with Crippen molar-refractivity contribution in [1.82, 2.24) is 4.98 Å². The molecule has 0 aromatic carbocycles. The Morgan fingerprint density at radius 1 is 1.41 bits per heavy atom.